The molecule has 13 rings (SSSR count). The van der Waals surface area contributed by atoms with Gasteiger partial charge in [-0.2, -0.15) is 0 Å². The van der Waals surface area contributed by atoms with Crippen molar-refractivity contribution in [1.29, 1.82) is 0 Å². The van der Waals surface area contributed by atoms with Crippen molar-refractivity contribution >= 4 is 33.4 Å². The van der Waals surface area contributed by atoms with E-state index in [9.17, 15) is 0 Å². The van der Waals surface area contributed by atoms with Crippen LogP contribution in [-0.2, 0) is 5.41 Å². The largest absolute Gasteiger partial charge is 0.247 e. The summed E-state index contributed by atoms with van der Waals surface area (Å²) >= 11 is 1.88. The first-order chi connectivity index (χ1) is 31.7. The van der Waals surface area contributed by atoms with Crippen LogP contribution in [0.5, 0.6) is 0 Å². The average Bonchev–Trinajstić information content (AvgIpc) is 3.67. The van der Waals surface area contributed by atoms with E-state index in [1.807, 2.05) is 36.0 Å². The Kier molecular flexibility index (Phi) is 8.37. The zero-order valence-corrected chi connectivity index (χ0v) is 35.4. The molecule has 0 bridgehead atoms. The van der Waals surface area contributed by atoms with Gasteiger partial charge in [0.2, 0.25) is 0 Å². The predicted molar refractivity (Wildman–Crippen MR) is 263 cm³/mol. The van der Waals surface area contributed by atoms with Crippen LogP contribution in [0.3, 0.4) is 0 Å². The molecule has 2 aliphatic rings. The summed E-state index contributed by atoms with van der Waals surface area (Å²) in [5.41, 5.74) is 17.6. The maximum Gasteiger partial charge on any atom is 0.160 e. The second-order valence-corrected chi connectivity index (χ2v) is 17.7. The Morgan fingerprint density at radius 2 is 0.875 bits per heavy atom. The first-order valence-corrected chi connectivity index (χ1v) is 22.6. The molecule has 3 nitrogen and oxygen atoms in total. The molecular formula is C60H37N3S. The Labute approximate surface area is 375 Å². The van der Waals surface area contributed by atoms with Crippen LogP contribution in [-0.4, -0.2) is 15.0 Å². The molecule has 0 unspecified atom stereocenters. The van der Waals surface area contributed by atoms with Crippen LogP contribution in [0.25, 0.3) is 89.1 Å². The Bertz CT molecular complexity index is 3520. The highest BCUT2D eigenvalue weighted by atomic mass is 32.2. The van der Waals surface area contributed by atoms with Crippen LogP contribution in [0.1, 0.15) is 22.3 Å². The molecule has 0 atom stereocenters. The van der Waals surface area contributed by atoms with Gasteiger partial charge in [-0.05, 0) is 74.8 Å². The van der Waals surface area contributed by atoms with Crippen molar-refractivity contribution < 1.29 is 0 Å². The van der Waals surface area contributed by atoms with Gasteiger partial charge in [0.25, 0.3) is 0 Å². The molecule has 2 aromatic heterocycles. The third kappa shape index (κ3) is 5.59. The molecule has 4 heteroatoms. The molecule has 3 heterocycles. The fourth-order valence-corrected chi connectivity index (χ4v) is 11.5. The second kappa shape index (κ2) is 14.6. The molecule has 0 N–H and O–H groups in total. The van der Waals surface area contributed by atoms with E-state index in [0.717, 1.165) is 66.8 Å². The van der Waals surface area contributed by atoms with Crippen LogP contribution in [0.4, 0.5) is 0 Å². The van der Waals surface area contributed by atoms with Gasteiger partial charge in [0, 0.05) is 48.2 Å². The highest BCUT2D eigenvalue weighted by Crippen LogP contribution is 2.63. The second-order valence-electron chi connectivity index (χ2n) is 16.6. The molecule has 0 fully saturated rings. The molecule has 1 aliphatic heterocycles. The van der Waals surface area contributed by atoms with Gasteiger partial charge >= 0.3 is 0 Å². The monoisotopic (exact) mass is 831 g/mol. The number of fused-ring (bicyclic) bond motifs is 13. The molecule has 298 valence electrons. The summed E-state index contributed by atoms with van der Waals surface area (Å²) in [5, 5.41) is 3.53. The van der Waals surface area contributed by atoms with E-state index < -0.39 is 5.41 Å². The summed E-state index contributed by atoms with van der Waals surface area (Å²) < 4.78 is 0. The molecule has 64 heavy (non-hydrogen) atoms. The fraction of sp³-hybridized carbons (Fsp3) is 0.0167. The maximum absolute atomic E-state index is 5.47. The summed E-state index contributed by atoms with van der Waals surface area (Å²) in [6.45, 7) is 0. The number of pyridine rings is 1. The minimum absolute atomic E-state index is 0.476. The molecule has 0 amide bonds. The lowest BCUT2D eigenvalue weighted by molar-refractivity contribution is 0.723. The summed E-state index contributed by atoms with van der Waals surface area (Å²) in [7, 11) is 0. The van der Waals surface area contributed by atoms with Gasteiger partial charge in [-0.3, -0.25) is 0 Å². The number of hydrogen-bond donors (Lipinski definition) is 0. The van der Waals surface area contributed by atoms with E-state index in [1.54, 1.807) is 0 Å². The van der Waals surface area contributed by atoms with Crippen LogP contribution in [0, 0.1) is 0 Å². The fourth-order valence-electron chi connectivity index (χ4n) is 10.3. The Hall–Kier alpha value is -7.92. The lowest BCUT2D eigenvalue weighted by Crippen LogP contribution is -2.31. The van der Waals surface area contributed by atoms with Crippen LogP contribution in [0.2, 0.25) is 0 Å². The summed E-state index contributed by atoms with van der Waals surface area (Å²) in [5.74, 6) is 0.708. The lowest BCUT2D eigenvalue weighted by Gasteiger charge is -2.39. The quantitative estimate of drug-likeness (QED) is 0.162. The third-order valence-corrected chi connectivity index (χ3v) is 14.3. The number of hydrogen-bond acceptors (Lipinski definition) is 4. The lowest BCUT2D eigenvalue weighted by atomic mass is 9.67. The topological polar surface area (TPSA) is 38.7 Å². The van der Waals surface area contributed by atoms with Gasteiger partial charge in [-0.15, -0.1) is 0 Å². The van der Waals surface area contributed by atoms with Crippen LogP contribution < -0.4 is 0 Å². The van der Waals surface area contributed by atoms with Crippen LogP contribution >= 0.6 is 11.8 Å². The highest BCUT2D eigenvalue weighted by Gasteiger charge is 2.50. The Morgan fingerprint density at radius 3 is 1.55 bits per heavy atom. The number of rotatable bonds is 5. The summed E-state index contributed by atoms with van der Waals surface area (Å²) in [6.07, 6.45) is 0. The van der Waals surface area contributed by atoms with Gasteiger partial charge in [0.15, 0.2) is 5.82 Å². The first kappa shape index (κ1) is 36.7. The summed E-state index contributed by atoms with van der Waals surface area (Å²) in [4.78, 5) is 18.2. The highest BCUT2D eigenvalue weighted by molar-refractivity contribution is 7.99. The van der Waals surface area contributed by atoms with Crippen molar-refractivity contribution in [2.75, 3.05) is 0 Å². The molecular weight excluding hydrogens is 795 g/mol. The van der Waals surface area contributed by atoms with E-state index in [1.165, 1.54) is 48.6 Å². The Balaban J connectivity index is 1.03. The zero-order chi connectivity index (χ0) is 42.2. The first-order valence-electron chi connectivity index (χ1n) is 21.8. The van der Waals surface area contributed by atoms with E-state index >= 15 is 0 Å². The van der Waals surface area contributed by atoms with Crippen molar-refractivity contribution in [3.05, 3.63) is 247 Å². The summed E-state index contributed by atoms with van der Waals surface area (Å²) in [6, 6.07) is 80.9. The predicted octanol–water partition coefficient (Wildman–Crippen LogP) is 15.3. The maximum atomic E-state index is 5.47. The molecule has 1 aliphatic carbocycles. The SMILES string of the molecule is c1ccc(-c2cc(-c3ccc(-c4ccc5nc(-c6ccccc6)c6ccc7c(c6c5c4)-c4ccccc4C74c5ccccc5Sc5ccccc54)cc3)nc(-c3ccccc3)n2)cc1. The van der Waals surface area contributed by atoms with E-state index in [0.29, 0.717) is 5.82 Å². The molecule has 0 saturated carbocycles. The van der Waals surface area contributed by atoms with Crippen molar-refractivity contribution in [3.8, 4) is 67.4 Å². The van der Waals surface area contributed by atoms with Gasteiger partial charge in [0.05, 0.1) is 28.0 Å². The third-order valence-electron chi connectivity index (χ3n) is 13.2. The van der Waals surface area contributed by atoms with Gasteiger partial charge in [-0.1, -0.05) is 206 Å². The zero-order valence-electron chi connectivity index (χ0n) is 34.6. The molecule has 1 spiro atoms. The van der Waals surface area contributed by atoms with E-state index in [4.69, 9.17) is 15.0 Å². The standard InChI is InChI=1S/C60H37N3S/c1-4-16-39(17-5-1)52-37-53(63-59(62-52)42-20-8-3-9-21-42)40-30-28-38(29-31-40)43-32-35-51-46(36-43)56-45(58(61-51)41-18-6-2-7-19-41)33-34-50-57(56)44-22-10-11-23-47(44)60(50)48-24-12-14-26-54(48)64-55-27-15-13-25-49(55)60/h1-37H. The number of benzene rings is 9. The van der Waals surface area contributed by atoms with E-state index in [2.05, 4.69) is 200 Å². The average molecular weight is 832 g/mol. The van der Waals surface area contributed by atoms with E-state index in [-0.39, 0.29) is 0 Å². The Morgan fingerprint density at radius 1 is 0.344 bits per heavy atom. The minimum Gasteiger partial charge on any atom is -0.247 e. The van der Waals surface area contributed by atoms with Crippen LogP contribution in [0.15, 0.2) is 234 Å². The molecule has 9 aromatic carbocycles. The number of aromatic nitrogens is 3. The van der Waals surface area contributed by atoms with Crippen molar-refractivity contribution in [2.24, 2.45) is 0 Å². The van der Waals surface area contributed by atoms with Gasteiger partial charge in [-0.25, -0.2) is 15.0 Å². The minimum atomic E-state index is -0.476. The molecule has 0 saturated heterocycles. The smallest absolute Gasteiger partial charge is 0.160 e. The van der Waals surface area contributed by atoms with Crippen molar-refractivity contribution in [3.63, 3.8) is 0 Å². The van der Waals surface area contributed by atoms with Gasteiger partial charge < -0.3 is 0 Å². The van der Waals surface area contributed by atoms with Crippen molar-refractivity contribution in [1.82, 2.24) is 15.0 Å². The van der Waals surface area contributed by atoms with Gasteiger partial charge in [0.1, 0.15) is 0 Å². The molecule has 0 radical (unpaired) electrons. The number of nitrogens with zero attached hydrogens (tertiary/aromatic N) is 3. The van der Waals surface area contributed by atoms with Crippen molar-refractivity contribution in [2.45, 2.75) is 15.2 Å². The molecule has 11 aromatic rings. The normalized spacial score (nSPS) is 13.1.